The Morgan fingerprint density at radius 3 is 2.92 bits per heavy atom. The van der Waals surface area contributed by atoms with Crippen LogP contribution in [0.15, 0.2) is 24.3 Å². The molecule has 0 bridgehead atoms. The number of nitrogens with zero attached hydrogens (tertiary/aromatic N) is 2. The van der Waals surface area contributed by atoms with E-state index in [0.29, 0.717) is 18.7 Å². The first kappa shape index (κ1) is 17.7. The van der Waals surface area contributed by atoms with Crippen molar-refractivity contribution in [1.82, 2.24) is 10.2 Å². The van der Waals surface area contributed by atoms with Crippen LogP contribution >= 0.6 is 0 Å². The minimum absolute atomic E-state index is 0.0870. The maximum absolute atomic E-state index is 12.8. The summed E-state index contributed by atoms with van der Waals surface area (Å²) in [7, 11) is 0. The lowest BCUT2D eigenvalue weighted by atomic mass is 10.1. The fraction of sp³-hybridized carbons (Fsp3) is 0.579. The second kappa shape index (κ2) is 7.87. The van der Waals surface area contributed by atoms with Crippen molar-refractivity contribution >= 4 is 17.5 Å². The van der Waals surface area contributed by atoms with Gasteiger partial charge in [-0.15, -0.1) is 0 Å². The maximum Gasteiger partial charge on any atom is 0.267 e. The van der Waals surface area contributed by atoms with E-state index in [-0.39, 0.29) is 17.9 Å². The molecule has 0 spiro atoms. The molecular formula is C19H27N3O3. The maximum atomic E-state index is 12.8. The van der Waals surface area contributed by atoms with Gasteiger partial charge in [-0.1, -0.05) is 19.1 Å². The molecule has 0 aromatic heterocycles. The van der Waals surface area contributed by atoms with Gasteiger partial charge in [-0.25, -0.2) is 0 Å². The lowest BCUT2D eigenvalue weighted by Gasteiger charge is -2.34. The van der Waals surface area contributed by atoms with Gasteiger partial charge in [0.05, 0.1) is 5.69 Å². The summed E-state index contributed by atoms with van der Waals surface area (Å²) in [6.45, 7) is 6.83. The average molecular weight is 345 g/mol. The summed E-state index contributed by atoms with van der Waals surface area (Å²) in [6, 6.07) is 7.78. The number of carbonyl (C=O) groups is 2. The van der Waals surface area contributed by atoms with Crippen molar-refractivity contribution in [3.63, 3.8) is 0 Å². The molecule has 0 saturated carbocycles. The van der Waals surface area contributed by atoms with Crippen LogP contribution in [-0.2, 0) is 9.59 Å². The van der Waals surface area contributed by atoms with E-state index in [1.165, 1.54) is 0 Å². The molecule has 1 N–H and O–H groups in total. The number of fused-ring (bicyclic) bond motifs is 1. The highest BCUT2D eigenvalue weighted by molar-refractivity contribution is 6.00. The minimum Gasteiger partial charge on any atom is -0.479 e. The van der Waals surface area contributed by atoms with E-state index >= 15 is 0 Å². The Morgan fingerprint density at radius 1 is 1.40 bits per heavy atom. The zero-order valence-corrected chi connectivity index (χ0v) is 15.0. The molecule has 25 heavy (non-hydrogen) atoms. The number of benzene rings is 1. The second-order valence-corrected chi connectivity index (χ2v) is 6.70. The average Bonchev–Trinajstić information content (AvgIpc) is 3.14. The monoisotopic (exact) mass is 345 g/mol. The Morgan fingerprint density at radius 2 is 2.20 bits per heavy atom. The smallest absolute Gasteiger partial charge is 0.267 e. The van der Waals surface area contributed by atoms with E-state index in [1.807, 2.05) is 29.2 Å². The van der Waals surface area contributed by atoms with Crippen LogP contribution in [0.5, 0.6) is 5.75 Å². The SMILES string of the molecule is CCCN(C(=O)CCN1C(=O)C(C)Oc2ccccc21)C1CCNC1. The summed E-state index contributed by atoms with van der Waals surface area (Å²) in [5.74, 6) is 0.739. The van der Waals surface area contributed by atoms with E-state index < -0.39 is 6.10 Å². The molecule has 2 aliphatic heterocycles. The number of hydrogen-bond acceptors (Lipinski definition) is 4. The standard InChI is InChI=1S/C19H27N3O3/c1-3-11-21(15-8-10-20-13-15)18(23)9-12-22-16-6-4-5-7-17(16)25-14(2)19(22)24/h4-7,14-15,20H,3,8-13H2,1-2H3. The van der Waals surface area contributed by atoms with Gasteiger partial charge in [0, 0.05) is 32.1 Å². The Hall–Kier alpha value is -2.08. The van der Waals surface area contributed by atoms with E-state index in [4.69, 9.17) is 4.74 Å². The van der Waals surface area contributed by atoms with Crippen molar-refractivity contribution in [2.75, 3.05) is 31.1 Å². The first-order valence-corrected chi connectivity index (χ1v) is 9.19. The Kier molecular flexibility index (Phi) is 5.58. The van der Waals surface area contributed by atoms with Crippen LogP contribution in [0.1, 0.15) is 33.1 Å². The van der Waals surface area contributed by atoms with Crippen LogP contribution < -0.4 is 15.0 Å². The molecule has 0 radical (unpaired) electrons. The largest absolute Gasteiger partial charge is 0.479 e. The molecule has 2 aliphatic rings. The number of para-hydroxylation sites is 2. The first-order chi connectivity index (χ1) is 12.1. The van der Waals surface area contributed by atoms with Crippen LogP contribution in [0.25, 0.3) is 0 Å². The number of anilines is 1. The molecule has 6 heteroatoms. The summed E-state index contributed by atoms with van der Waals surface area (Å²) in [4.78, 5) is 29.0. The molecule has 1 fully saturated rings. The normalized spacial score (nSPS) is 22.5. The van der Waals surface area contributed by atoms with Crippen LogP contribution in [-0.4, -0.2) is 55.0 Å². The number of rotatable bonds is 6. The summed E-state index contributed by atoms with van der Waals surface area (Å²) in [5, 5.41) is 3.32. The summed E-state index contributed by atoms with van der Waals surface area (Å²) >= 11 is 0. The number of carbonyl (C=O) groups excluding carboxylic acids is 2. The predicted molar refractivity (Wildman–Crippen MR) is 96.8 cm³/mol. The highest BCUT2D eigenvalue weighted by atomic mass is 16.5. The lowest BCUT2D eigenvalue weighted by molar-refractivity contribution is -0.133. The molecule has 1 aromatic rings. The van der Waals surface area contributed by atoms with Crippen LogP contribution in [0.4, 0.5) is 5.69 Å². The third-order valence-corrected chi connectivity index (χ3v) is 4.88. The van der Waals surface area contributed by atoms with Crippen LogP contribution in [0.3, 0.4) is 0 Å². The van der Waals surface area contributed by atoms with E-state index in [2.05, 4.69) is 12.2 Å². The molecule has 2 unspecified atom stereocenters. The third-order valence-electron chi connectivity index (χ3n) is 4.88. The van der Waals surface area contributed by atoms with Gasteiger partial charge < -0.3 is 19.9 Å². The number of amides is 2. The van der Waals surface area contributed by atoms with E-state index in [9.17, 15) is 9.59 Å². The van der Waals surface area contributed by atoms with Crippen molar-refractivity contribution in [2.45, 2.75) is 45.3 Å². The molecule has 0 aliphatic carbocycles. The Bertz CT molecular complexity index is 628. The third kappa shape index (κ3) is 3.79. The van der Waals surface area contributed by atoms with Gasteiger partial charge in [0.2, 0.25) is 5.91 Å². The molecule has 2 atom stereocenters. The molecule has 1 saturated heterocycles. The quantitative estimate of drug-likeness (QED) is 0.854. The first-order valence-electron chi connectivity index (χ1n) is 9.19. The van der Waals surface area contributed by atoms with Crippen molar-refractivity contribution in [3.05, 3.63) is 24.3 Å². The predicted octanol–water partition coefficient (Wildman–Crippen LogP) is 1.79. The topological polar surface area (TPSA) is 61.9 Å². The van der Waals surface area contributed by atoms with Crippen molar-refractivity contribution in [2.24, 2.45) is 0 Å². The van der Waals surface area contributed by atoms with Crippen molar-refractivity contribution in [3.8, 4) is 5.75 Å². The van der Waals surface area contributed by atoms with Gasteiger partial charge in [0.25, 0.3) is 5.91 Å². The van der Waals surface area contributed by atoms with Gasteiger partial charge in [0.1, 0.15) is 5.75 Å². The van der Waals surface area contributed by atoms with E-state index in [0.717, 1.165) is 38.2 Å². The number of hydrogen-bond donors (Lipinski definition) is 1. The fourth-order valence-electron chi connectivity index (χ4n) is 3.60. The Balaban J connectivity index is 1.69. The van der Waals surface area contributed by atoms with E-state index in [1.54, 1.807) is 11.8 Å². The molecule has 2 amide bonds. The second-order valence-electron chi connectivity index (χ2n) is 6.70. The zero-order chi connectivity index (χ0) is 17.8. The number of ether oxygens (including phenoxy) is 1. The van der Waals surface area contributed by atoms with Gasteiger partial charge in [-0.2, -0.15) is 0 Å². The highest BCUT2D eigenvalue weighted by Crippen LogP contribution is 2.33. The van der Waals surface area contributed by atoms with Crippen LogP contribution in [0, 0.1) is 0 Å². The van der Waals surface area contributed by atoms with Crippen molar-refractivity contribution in [1.29, 1.82) is 0 Å². The lowest BCUT2D eigenvalue weighted by Crippen LogP contribution is -2.47. The molecule has 2 heterocycles. The van der Waals surface area contributed by atoms with Gasteiger partial charge in [0.15, 0.2) is 6.10 Å². The fourth-order valence-corrected chi connectivity index (χ4v) is 3.60. The summed E-state index contributed by atoms with van der Waals surface area (Å²) < 4.78 is 5.65. The molecular weight excluding hydrogens is 318 g/mol. The summed E-state index contributed by atoms with van der Waals surface area (Å²) in [5.41, 5.74) is 0.753. The Labute approximate surface area is 149 Å². The van der Waals surface area contributed by atoms with Gasteiger partial charge in [-0.3, -0.25) is 9.59 Å². The number of nitrogens with one attached hydrogen (secondary N) is 1. The molecule has 6 nitrogen and oxygen atoms in total. The highest BCUT2D eigenvalue weighted by Gasteiger charge is 2.32. The molecule has 1 aromatic carbocycles. The van der Waals surface area contributed by atoms with Crippen molar-refractivity contribution < 1.29 is 14.3 Å². The summed E-state index contributed by atoms with van der Waals surface area (Å²) in [6.07, 6.45) is 1.76. The van der Waals surface area contributed by atoms with Gasteiger partial charge in [-0.05, 0) is 38.4 Å². The van der Waals surface area contributed by atoms with Crippen LogP contribution in [0.2, 0.25) is 0 Å². The molecule has 136 valence electrons. The molecule has 3 rings (SSSR count). The van der Waals surface area contributed by atoms with Gasteiger partial charge >= 0.3 is 0 Å². The minimum atomic E-state index is -0.518. The zero-order valence-electron chi connectivity index (χ0n) is 15.0.